The average molecular weight is 641 g/mol. The van der Waals surface area contributed by atoms with Crippen molar-refractivity contribution in [1.82, 2.24) is 0 Å². The van der Waals surface area contributed by atoms with Crippen LogP contribution in [0.2, 0.25) is 0 Å². The first kappa shape index (κ1) is 38.0. The summed E-state index contributed by atoms with van der Waals surface area (Å²) in [5, 5.41) is 8.87. The van der Waals surface area contributed by atoms with Gasteiger partial charge in [-0.1, -0.05) is 70.0 Å². The Labute approximate surface area is 278 Å². The topological polar surface area (TPSA) is 91.3 Å². The highest BCUT2D eigenvalue weighted by molar-refractivity contribution is 5.88. The van der Waals surface area contributed by atoms with Crippen molar-refractivity contribution in [3.63, 3.8) is 0 Å². The number of methoxy groups -OCH3 is 1. The molecule has 1 N–H and O–H groups in total. The minimum absolute atomic E-state index is 0.00701. The van der Waals surface area contributed by atoms with E-state index in [1.54, 1.807) is 0 Å². The van der Waals surface area contributed by atoms with Crippen LogP contribution in [0.3, 0.4) is 0 Å². The third kappa shape index (κ3) is 13.3. The highest BCUT2D eigenvalue weighted by Gasteiger charge is 2.31. The Hall–Kier alpha value is -2.48. The SMILES string of the molecule is C=C(COC)C(=O)OCC(CCC1CCC(C2CCC(c3ccc(CCCCC)cc3)CC2)CC1)COC(=O)C(=C)COCCO. The normalized spacial score (nSPS) is 22.2. The molecule has 2 aliphatic rings. The molecule has 0 spiro atoms. The van der Waals surface area contributed by atoms with Gasteiger partial charge in [0.05, 0.1) is 50.8 Å². The summed E-state index contributed by atoms with van der Waals surface area (Å²) in [6.07, 6.45) is 17.3. The van der Waals surface area contributed by atoms with E-state index < -0.39 is 11.9 Å². The quantitative estimate of drug-likeness (QED) is 0.0835. The lowest BCUT2D eigenvalue weighted by Crippen LogP contribution is -2.26. The van der Waals surface area contributed by atoms with Crippen molar-refractivity contribution in [2.45, 2.75) is 103 Å². The summed E-state index contributed by atoms with van der Waals surface area (Å²) >= 11 is 0. The maximum atomic E-state index is 12.4. The standard InChI is InChI=1S/C39H60O7/c1-5-6-7-8-31-11-15-34(16-12-31)36-19-21-37(22-20-36)35-17-13-32(14-18-35)9-10-33(27-45-38(41)29(2)25-43-4)28-46-39(42)30(3)26-44-24-23-40/h11-12,15-16,32-33,35-37,40H,2-3,5-10,13-14,17-28H2,1,4H3. The number of aliphatic hydroxyl groups excluding tert-OH is 1. The zero-order valence-corrected chi connectivity index (χ0v) is 28.6. The number of carbonyl (C=O) groups is 2. The molecule has 0 radical (unpaired) electrons. The zero-order chi connectivity index (χ0) is 33.1. The lowest BCUT2D eigenvalue weighted by Gasteiger charge is -2.38. The first-order valence-electron chi connectivity index (χ1n) is 17.8. The molecule has 1 aromatic carbocycles. The van der Waals surface area contributed by atoms with Crippen molar-refractivity contribution in [3.8, 4) is 0 Å². The summed E-state index contributed by atoms with van der Waals surface area (Å²) in [4.78, 5) is 24.7. The van der Waals surface area contributed by atoms with E-state index >= 15 is 0 Å². The van der Waals surface area contributed by atoms with Crippen molar-refractivity contribution >= 4 is 11.9 Å². The Morgan fingerprint density at radius 1 is 0.848 bits per heavy atom. The second kappa shape index (κ2) is 21.4. The summed E-state index contributed by atoms with van der Waals surface area (Å²) in [7, 11) is 1.51. The van der Waals surface area contributed by atoms with Crippen molar-refractivity contribution < 1.29 is 33.6 Å². The van der Waals surface area contributed by atoms with Crippen molar-refractivity contribution in [2.24, 2.45) is 23.7 Å². The molecule has 0 bridgehead atoms. The van der Waals surface area contributed by atoms with Crippen LogP contribution < -0.4 is 0 Å². The lowest BCUT2D eigenvalue weighted by atomic mass is 9.68. The van der Waals surface area contributed by atoms with E-state index in [1.165, 1.54) is 95.3 Å². The number of esters is 2. The van der Waals surface area contributed by atoms with E-state index in [4.69, 9.17) is 24.1 Å². The van der Waals surface area contributed by atoms with Crippen LogP contribution in [-0.2, 0) is 35.0 Å². The van der Waals surface area contributed by atoms with Crippen LogP contribution in [0.15, 0.2) is 48.6 Å². The van der Waals surface area contributed by atoms with Gasteiger partial charge >= 0.3 is 11.9 Å². The van der Waals surface area contributed by atoms with Gasteiger partial charge in [0.25, 0.3) is 0 Å². The Morgan fingerprint density at radius 3 is 2.00 bits per heavy atom. The summed E-state index contributed by atoms with van der Waals surface area (Å²) in [5.74, 6) is 1.90. The van der Waals surface area contributed by atoms with E-state index in [2.05, 4.69) is 44.3 Å². The summed E-state index contributed by atoms with van der Waals surface area (Å²) in [5.41, 5.74) is 3.47. The molecular weight excluding hydrogens is 580 g/mol. The van der Waals surface area contributed by atoms with Crippen LogP contribution >= 0.6 is 0 Å². The molecular formula is C39H60O7. The maximum absolute atomic E-state index is 12.4. The number of carbonyl (C=O) groups excluding carboxylic acids is 2. The fourth-order valence-electron chi connectivity index (χ4n) is 7.24. The van der Waals surface area contributed by atoms with E-state index in [0.29, 0.717) is 11.8 Å². The summed E-state index contributed by atoms with van der Waals surface area (Å²) in [6, 6.07) is 9.52. The highest BCUT2D eigenvalue weighted by Crippen LogP contribution is 2.44. The minimum Gasteiger partial charge on any atom is -0.462 e. The number of hydrogen-bond donors (Lipinski definition) is 1. The van der Waals surface area contributed by atoms with Gasteiger partial charge in [0, 0.05) is 13.0 Å². The number of rotatable bonds is 21. The van der Waals surface area contributed by atoms with Gasteiger partial charge in [-0.05, 0) is 99.0 Å². The smallest absolute Gasteiger partial charge is 0.335 e. The van der Waals surface area contributed by atoms with Crippen LogP contribution in [0.25, 0.3) is 0 Å². The maximum Gasteiger partial charge on any atom is 0.335 e. The monoisotopic (exact) mass is 640 g/mol. The van der Waals surface area contributed by atoms with Crippen LogP contribution in [0.1, 0.15) is 107 Å². The molecule has 2 aliphatic carbocycles. The Balaban J connectivity index is 1.41. The molecule has 2 saturated carbocycles. The third-order valence-corrected chi connectivity index (χ3v) is 10.1. The first-order valence-corrected chi connectivity index (χ1v) is 17.8. The fourth-order valence-corrected chi connectivity index (χ4v) is 7.24. The molecule has 3 rings (SSSR count). The second-order valence-electron chi connectivity index (χ2n) is 13.6. The number of hydrogen-bond acceptors (Lipinski definition) is 7. The molecule has 1 atom stereocenters. The Kier molecular flexibility index (Phi) is 17.7. The molecule has 0 aromatic heterocycles. The molecule has 7 nitrogen and oxygen atoms in total. The van der Waals surface area contributed by atoms with Crippen molar-refractivity contribution in [3.05, 3.63) is 59.7 Å². The number of ether oxygens (including phenoxy) is 4. The fraction of sp³-hybridized carbons (Fsp3) is 0.692. The Bertz CT molecular complexity index is 1050. The van der Waals surface area contributed by atoms with Crippen molar-refractivity contribution in [2.75, 3.05) is 46.8 Å². The molecule has 1 unspecified atom stereocenters. The molecule has 7 heteroatoms. The predicted octanol–water partition coefficient (Wildman–Crippen LogP) is 7.75. The van der Waals surface area contributed by atoms with Crippen LogP contribution in [-0.4, -0.2) is 63.8 Å². The Morgan fingerprint density at radius 2 is 1.43 bits per heavy atom. The van der Waals surface area contributed by atoms with Gasteiger partial charge in [0.1, 0.15) is 0 Å². The van der Waals surface area contributed by atoms with E-state index in [0.717, 1.165) is 24.7 Å². The van der Waals surface area contributed by atoms with Gasteiger partial charge in [-0.3, -0.25) is 0 Å². The molecule has 1 aromatic rings. The predicted molar refractivity (Wildman–Crippen MR) is 183 cm³/mol. The third-order valence-electron chi connectivity index (χ3n) is 10.1. The van der Waals surface area contributed by atoms with Gasteiger partial charge in [-0.2, -0.15) is 0 Å². The van der Waals surface area contributed by atoms with Gasteiger partial charge in [0.15, 0.2) is 0 Å². The van der Waals surface area contributed by atoms with Crippen LogP contribution in [0, 0.1) is 23.7 Å². The van der Waals surface area contributed by atoms with E-state index in [9.17, 15) is 9.59 Å². The van der Waals surface area contributed by atoms with Crippen LogP contribution in [0.4, 0.5) is 0 Å². The van der Waals surface area contributed by atoms with Gasteiger partial charge in [0.2, 0.25) is 0 Å². The second-order valence-corrected chi connectivity index (χ2v) is 13.6. The molecule has 0 heterocycles. The molecule has 0 amide bonds. The minimum atomic E-state index is -0.535. The number of unbranched alkanes of at least 4 members (excludes halogenated alkanes) is 2. The van der Waals surface area contributed by atoms with Gasteiger partial charge in [-0.15, -0.1) is 0 Å². The van der Waals surface area contributed by atoms with Crippen LogP contribution in [0.5, 0.6) is 0 Å². The molecule has 0 saturated heterocycles. The summed E-state index contributed by atoms with van der Waals surface area (Å²) < 4.78 is 21.2. The molecule has 0 aliphatic heterocycles. The van der Waals surface area contributed by atoms with E-state index in [1.807, 2.05) is 0 Å². The molecule has 2 fully saturated rings. The molecule has 46 heavy (non-hydrogen) atoms. The van der Waals surface area contributed by atoms with Gasteiger partial charge in [-0.25, -0.2) is 9.59 Å². The molecule has 258 valence electrons. The first-order chi connectivity index (χ1) is 22.3. The van der Waals surface area contributed by atoms with Crippen molar-refractivity contribution in [1.29, 1.82) is 0 Å². The number of aliphatic hydroxyl groups is 1. The number of benzene rings is 1. The summed E-state index contributed by atoms with van der Waals surface area (Å²) in [6.45, 7) is 10.1. The van der Waals surface area contributed by atoms with Gasteiger partial charge < -0.3 is 24.1 Å². The average Bonchev–Trinajstić information content (AvgIpc) is 3.08. The zero-order valence-electron chi connectivity index (χ0n) is 28.6. The highest BCUT2D eigenvalue weighted by atomic mass is 16.6. The largest absolute Gasteiger partial charge is 0.462 e. The lowest BCUT2D eigenvalue weighted by molar-refractivity contribution is -0.145. The number of aryl methyl sites for hydroxylation is 1. The van der Waals surface area contributed by atoms with E-state index in [-0.39, 0.29) is 56.7 Å².